The topological polar surface area (TPSA) is 0 Å². The van der Waals surface area contributed by atoms with E-state index >= 15 is 0 Å². The first-order chi connectivity index (χ1) is 10.7. The Labute approximate surface area is 137 Å². The molecule has 0 nitrogen and oxygen atoms in total. The van der Waals surface area contributed by atoms with Gasteiger partial charge in [-0.25, -0.2) is 0 Å². The second kappa shape index (κ2) is 6.46. The SMILES string of the molecule is CCCC1=[C](CCC)[Ge]([CH3])([c]2ccccc2)[c]2ccccc21. The Kier molecular flexibility index (Phi) is 4.58. The normalized spacial score (nSPS) is 20.3. The van der Waals surface area contributed by atoms with Crippen LogP contribution in [0.5, 0.6) is 0 Å². The molecule has 1 unspecified atom stereocenters. The van der Waals surface area contributed by atoms with Crippen LogP contribution in [0, 0.1) is 0 Å². The molecular weight excluding hydrogens is 325 g/mol. The van der Waals surface area contributed by atoms with Crippen LogP contribution in [0.3, 0.4) is 0 Å². The van der Waals surface area contributed by atoms with E-state index in [-0.39, 0.29) is 0 Å². The van der Waals surface area contributed by atoms with E-state index in [1.54, 1.807) is 19.9 Å². The van der Waals surface area contributed by atoms with Crippen LogP contribution in [0.1, 0.15) is 45.1 Å². The van der Waals surface area contributed by atoms with Gasteiger partial charge in [0.05, 0.1) is 0 Å². The van der Waals surface area contributed by atoms with Gasteiger partial charge >= 0.3 is 137 Å². The van der Waals surface area contributed by atoms with Gasteiger partial charge in [0.1, 0.15) is 0 Å². The van der Waals surface area contributed by atoms with E-state index in [0.29, 0.717) is 0 Å². The molecule has 0 amide bonds. The predicted molar refractivity (Wildman–Crippen MR) is 101 cm³/mol. The molecule has 2 aromatic rings. The van der Waals surface area contributed by atoms with Gasteiger partial charge < -0.3 is 0 Å². The Morgan fingerprint density at radius 2 is 1.41 bits per heavy atom. The molecule has 1 atom stereocenters. The van der Waals surface area contributed by atoms with Crippen LogP contribution in [0.25, 0.3) is 5.57 Å². The summed E-state index contributed by atoms with van der Waals surface area (Å²) in [5, 5.41) is 0. The maximum absolute atomic E-state index is 2.61. The van der Waals surface area contributed by atoms with Crippen molar-refractivity contribution in [3.05, 3.63) is 64.6 Å². The third-order valence-corrected chi connectivity index (χ3v) is 15.1. The van der Waals surface area contributed by atoms with Gasteiger partial charge in [0, 0.05) is 0 Å². The molecule has 0 radical (unpaired) electrons. The quantitative estimate of drug-likeness (QED) is 0.680. The molecule has 2 aromatic carbocycles. The molecule has 22 heavy (non-hydrogen) atoms. The standard InChI is InChI=1S/C21H26Ge/c1-4-11-18-19-15-9-10-16-21(19)22(3,20(18)12-5-2)17-13-7-6-8-14-17/h6-10,13-16H,4-5,11-12H2,1-3H3. The van der Waals surface area contributed by atoms with Gasteiger partial charge in [0.2, 0.25) is 0 Å². The van der Waals surface area contributed by atoms with E-state index in [4.69, 9.17) is 0 Å². The van der Waals surface area contributed by atoms with Crippen LogP contribution < -0.4 is 8.79 Å². The first kappa shape index (κ1) is 15.6. The molecule has 0 aliphatic carbocycles. The first-order valence-electron chi connectivity index (χ1n) is 8.61. The van der Waals surface area contributed by atoms with Crippen LogP contribution in [0.4, 0.5) is 0 Å². The first-order valence-corrected chi connectivity index (χ1v) is 13.9. The van der Waals surface area contributed by atoms with E-state index in [1.165, 1.54) is 25.7 Å². The molecule has 1 heteroatoms. The summed E-state index contributed by atoms with van der Waals surface area (Å²) in [6.45, 7) is 4.64. The summed E-state index contributed by atoms with van der Waals surface area (Å²) in [4.78, 5) is 0. The zero-order valence-electron chi connectivity index (χ0n) is 14.0. The minimum absolute atomic E-state index is 1.24. The number of fused-ring (bicyclic) bond motifs is 1. The Morgan fingerprint density at radius 3 is 2.09 bits per heavy atom. The average molecular weight is 351 g/mol. The van der Waals surface area contributed by atoms with Crippen molar-refractivity contribution >= 4 is 27.6 Å². The molecular formula is C21H26Ge. The van der Waals surface area contributed by atoms with Gasteiger partial charge in [0.25, 0.3) is 0 Å². The molecule has 1 aliphatic heterocycles. The molecule has 114 valence electrons. The fraction of sp³-hybridized carbons (Fsp3) is 0.333. The van der Waals surface area contributed by atoms with Crippen molar-refractivity contribution < 1.29 is 0 Å². The second-order valence-electron chi connectivity index (χ2n) is 6.49. The van der Waals surface area contributed by atoms with Crippen molar-refractivity contribution in [1.29, 1.82) is 0 Å². The molecule has 0 aromatic heterocycles. The average Bonchev–Trinajstić information content (AvgIpc) is 2.81. The van der Waals surface area contributed by atoms with E-state index in [1.807, 2.05) is 4.41 Å². The number of rotatable bonds is 5. The van der Waals surface area contributed by atoms with Gasteiger partial charge in [-0.15, -0.1) is 0 Å². The Morgan fingerprint density at radius 1 is 0.773 bits per heavy atom. The Balaban J connectivity index is 2.26. The van der Waals surface area contributed by atoms with Crippen LogP contribution in [0.15, 0.2) is 59.0 Å². The third-order valence-electron chi connectivity index (χ3n) is 5.11. The van der Waals surface area contributed by atoms with Crippen molar-refractivity contribution in [2.45, 2.75) is 45.3 Å². The van der Waals surface area contributed by atoms with Gasteiger partial charge in [-0.3, -0.25) is 0 Å². The summed E-state index contributed by atoms with van der Waals surface area (Å²) < 4.78 is 5.13. The molecule has 1 aliphatic rings. The molecule has 1 heterocycles. The summed E-state index contributed by atoms with van der Waals surface area (Å²) >= 11 is -2.38. The van der Waals surface area contributed by atoms with Crippen LogP contribution in [-0.2, 0) is 0 Å². The second-order valence-corrected chi connectivity index (χ2v) is 14.8. The zero-order valence-corrected chi connectivity index (χ0v) is 16.1. The summed E-state index contributed by atoms with van der Waals surface area (Å²) in [5.74, 6) is 2.61. The van der Waals surface area contributed by atoms with Crippen molar-refractivity contribution in [2.75, 3.05) is 0 Å². The minimum atomic E-state index is -2.38. The van der Waals surface area contributed by atoms with Gasteiger partial charge in [-0.1, -0.05) is 0 Å². The van der Waals surface area contributed by atoms with E-state index in [2.05, 4.69) is 74.2 Å². The van der Waals surface area contributed by atoms with Crippen molar-refractivity contribution in [3.8, 4) is 0 Å². The van der Waals surface area contributed by atoms with Crippen molar-refractivity contribution in [1.82, 2.24) is 0 Å². The molecule has 0 fully saturated rings. The zero-order chi connectivity index (χ0) is 15.6. The molecule has 3 rings (SSSR count). The van der Waals surface area contributed by atoms with E-state index < -0.39 is 13.3 Å². The Bertz CT molecular complexity index is 684. The van der Waals surface area contributed by atoms with Crippen LogP contribution in [0.2, 0.25) is 5.76 Å². The molecule has 0 N–H and O–H groups in total. The number of hydrogen-bond acceptors (Lipinski definition) is 0. The monoisotopic (exact) mass is 352 g/mol. The number of allylic oxidation sites excluding steroid dienone is 2. The van der Waals surface area contributed by atoms with E-state index in [9.17, 15) is 0 Å². The summed E-state index contributed by atoms with van der Waals surface area (Å²) in [5.41, 5.74) is 3.26. The number of benzene rings is 2. The molecule has 0 bridgehead atoms. The number of hydrogen-bond donors (Lipinski definition) is 0. The third kappa shape index (κ3) is 2.38. The van der Waals surface area contributed by atoms with Crippen molar-refractivity contribution in [2.24, 2.45) is 0 Å². The molecule has 0 saturated heterocycles. The predicted octanol–water partition coefficient (Wildman–Crippen LogP) is 4.79. The van der Waals surface area contributed by atoms with Gasteiger partial charge in [0.15, 0.2) is 0 Å². The van der Waals surface area contributed by atoms with Gasteiger partial charge in [-0.2, -0.15) is 0 Å². The Hall–Kier alpha value is -1.28. The fourth-order valence-corrected chi connectivity index (χ4v) is 13.9. The fourth-order valence-electron chi connectivity index (χ4n) is 4.10. The van der Waals surface area contributed by atoms with E-state index in [0.717, 1.165) is 0 Å². The summed E-state index contributed by atoms with van der Waals surface area (Å²) in [6.07, 6.45) is 5.00. The van der Waals surface area contributed by atoms with Gasteiger partial charge in [-0.05, 0) is 0 Å². The summed E-state index contributed by atoms with van der Waals surface area (Å²) in [6, 6.07) is 20.6. The van der Waals surface area contributed by atoms with Crippen LogP contribution >= 0.6 is 0 Å². The summed E-state index contributed by atoms with van der Waals surface area (Å²) in [7, 11) is 0. The van der Waals surface area contributed by atoms with Crippen molar-refractivity contribution in [3.63, 3.8) is 0 Å². The maximum atomic E-state index is 2.61. The molecule has 0 saturated carbocycles. The molecule has 0 spiro atoms. The van der Waals surface area contributed by atoms with Crippen LogP contribution in [-0.4, -0.2) is 13.3 Å².